The molecule has 2 aromatic carbocycles. The summed E-state index contributed by atoms with van der Waals surface area (Å²) in [4.78, 5) is 0. The number of aliphatic hydroxyl groups excluding tert-OH is 1. The fourth-order valence-electron chi connectivity index (χ4n) is 2.67. The van der Waals surface area contributed by atoms with Crippen LogP contribution in [0.25, 0.3) is 0 Å². The molecule has 0 bridgehead atoms. The van der Waals surface area contributed by atoms with Gasteiger partial charge in [0.05, 0.1) is 24.3 Å². The summed E-state index contributed by atoms with van der Waals surface area (Å²) < 4.78 is 5.13. The van der Waals surface area contributed by atoms with Crippen LogP contribution in [0.3, 0.4) is 0 Å². The highest BCUT2D eigenvalue weighted by molar-refractivity contribution is 6.32. The zero-order valence-electron chi connectivity index (χ0n) is 11.1. The maximum absolute atomic E-state index is 10.6. The molecule has 104 valence electrons. The average molecular weight is 290 g/mol. The minimum Gasteiger partial charge on any atom is -0.495 e. The highest BCUT2D eigenvalue weighted by atomic mass is 35.5. The summed E-state index contributed by atoms with van der Waals surface area (Å²) in [6.07, 6.45) is -0.637. The molecule has 0 aliphatic carbocycles. The lowest BCUT2D eigenvalue weighted by atomic mass is 9.96. The van der Waals surface area contributed by atoms with Crippen LogP contribution in [0, 0.1) is 0 Å². The summed E-state index contributed by atoms with van der Waals surface area (Å²) in [5.74, 6) is 0.613. The van der Waals surface area contributed by atoms with E-state index in [1.807, 2.05) is 24.3 Å². The summed E-state index contributed by atoms with van der Waals surface area (Å²) >= 11 is 6.12. The van der Waals surface area contributed by atoms with Gasteiger partial charge in [0.15, 0.2) is 0 Å². The lowest BCUT2D eigenvalue weighted by Gasteiger charge is -2.20. The van der Waals surface area contributed by atoms with Crippen molar-refractivity contribution in [3.63, 3.8) is 0 Å². The molecule has 1 aliphatic heterocycles. The summed E-state index contributed by atoms with van der Waals surface area (Å²) in [7, 11) is 1.58. The van der Waals surface area contributed by atoms with Crippen LogP contribution in [-0.4, -0.2) is 12.2 Å². The third kappa shape index (κ3) is 2.29. The third-order valence-corrected chi connectivity index (χ3v) is 4.03. The molecule has 0 saturated carbocycles. The number of hydrogen-bond donors (Lipinski definition) is 2. The van der Waals surface area contributed by atoms with Crippen LogP contribution in [0.4, 0.5) is 0 Å². The predicted octanol–water partition coefficient (Wildman–Crippen LogP) is 3.23. The highest BCUT2D eigenvalue weighted by Crippen LogP contribution is 2.37. The van der Waals surface area contributed by atoms with E-state index in [1.54, 1.807) is 19.2 Å². The Kier molecular flexibility index (Phi) is 3.66. The number of methoxy groups -OCH3 is 1. The molecule has 20 heavy (non-hydrogen) atoms. The van der Waals surface area contributed by atoms with Crippen molar-refractivity contribution in [1.82, 2.24) is 5.32 Å². The summed E-state index contributed by atoms with van der Waals surface area (Å²) in [6, 6.07) is 13.4. The van der Waals surface area contributed by atoms with Crippen molar-refractivity contribution in [1.29, 1.82) is 0 Å². The van der Waals surface area contributed by atoms with Crippen LogP contribution in [0.1, 0.15) is 28.8 Å². The molecule has 0 fully saturated rings. The lowest BCUT2D eigenvalue weighted by Crippen LogP contribution is -2.20. The highest BCUT2D eigenvalue weighted by Gasteiger charge is 2.29. The van der Waals surface area contributed by atoms with Crippen molar-refractivity contribution in [3.8, 4) is 5.75 Å². The molecule has 2 atom stereocenters. The minimum absolute atomic E-state index is 0.101. The second-order valence-corrected chi connectivity index (χ2v) is 5.30. The average Bonchev–Trinajstić information content (AvgIpc) is 2.90. The van der Waals surface area contributed by atoms with Gasteiger partial charge in [-0.1, -0.05) is 41.9 Å². The van der Waals surface area contributed by atoms with Crippen molar-refractivity contribution in [2.24, 2.45) is 0 Å². The number of rotatable bonds is 3. The molecule has 1 heterocycles. The van der Waals surface area contributed by atoms with E-state index in [9.17, 15) is 5.11 Å². The zero-order chi connectivity index (χ0) is 14.1. The molecule has 4 heteroatoms. The van der Waals surface area contributed by atoms with Crippen molar-refractivity contribution in [3.05, 3.63) is 64.2 Å². The lowest BCUT2D eigenvalue weighted by molar-refractivity contribution is 0.133. The first-order valence-corrected chi connectivity index (χ1v) is 6.91. The number of halogens is 1. The molecule has 2 N–H and O–H groups in total. The summed E-state index contributed by atoms with van der Waals surface area (Å²) in [5, 5.41) is 14.4. The molecule has 0 saturated heterocycles. The first-order valence-electron chi connectivity index (χ1n) is 6.53. The van der Waals surface area contributed by atoms with E-state index in [4.69, 9.17) is 16.3 Å². The topological polar surface area (TPSA) is 41.5 Å². The SMILES string of the molecule is COc1ccc(C(O)C2NCc3ccccc32)cc1Cl. The van der Waals surface area contributed by atoms with Gasteiger partial charge in [0.1, 0.15) is 5.75 Å². The van der Waals surface area contributed by atoms with Gasteiger partial charge in [-0.25, -0.2) is 0 Å². The molecular weight excluding hydrogens is 274 g/mol. The van der Waals surface area contributed by atoms with Gasteiger partial charge in [-0.2, -0.15) is 0 Å². The van der Waals surface area contributed by atoms with Crippen LogP contribution >= 0.6 is 11.6 Å². The van der Waals surface area contributed by atoms with Gasteiger partial charge < -0.3 is 15.2 Å². The van der Waals surface area contributed by atoms with E-state index in [0.29, 0.717) is 10.8 Å². The number of hydrogen-bond acceptors (Lipinski definition) is 3. The molecule has 0 radical (unpaired) electrons. The van der Waals surface area contributed by atoms with Crippen LogP contribution in [0.5, 0.6) is 5.75 Å². The monoisotopic (exact) mass is 289 g/mol. The molecule has 0 amide bonds. The van der Waals surface area contributed by atoms with Gasteiger partial charge in [-0.05, 0) is 28.8 Å². The van der Waals surface area contributed by atoms with Crippen LogP contribution in [0.15, 0.2) is 42.5 Å². The van der Waals surface area contributed by atoms with E-state index in [-0.39, 0.29) is 6.04 Å². The third-order valence-electron chi connectivity index (χ3n) is 3.74. The summed E-state index contributed by atoms with van der Waals surface area (Å²) in [5.41, 5.74) is 3.16. The van der Waals surface area contributed by atoms with E-state index in [0.717, 1.165) is 17.7 Å². The number of fused-ring (bicyclic) bond motifs is 1. The zero-order valence-corrected chi connectivity index (χ0v) is 11.9. The Bertz CT molecular complexity index is 630. The van der Waals surface area contributed by atoms with Crippen LogP contribution in [0.2, 0.25) is 5.02 Å². The fourth-order valence-corrected chi connectivity index (χ4v) is 2.94. The Morgan fingerprint density at radius 2 is 2.10 bits per heavy atom. The number of ether oxygens (including phenoxy) is 1. The largest absolute Gasteiger partial charge is 0.495 e. The molecule has 2 unspecified atom stereocenters. The molecular formula is C16H16ClNO2. The Balaban J connectivity index is 1.90. The van der Waals surface area contributed by atoms with E-state index >= 15 is 0 Å². The van der Waals surface area contributed by atoms with E-state index in [1.165, 1.54) is 5.56 Å². The van der Waals surface area contributed by atoms with Crippen molar-refractivity contribution in [2.45, 2.75) is 18.7 Å². The molecule has 3 nitrogen and oxygen atoms in total. The Morgan fingerprint density at radius 1 is 1.30 bits per heavy atom. The Hall–Kier alpha value is -1.55. The normalized spacial score (nSPS) is 18.6. The second-order valence-electron chi connectivity index (χ2n) is 4.90. The maximum atomic E-state index is 10.6. The Morgan fingerprint density at radius 3 is 2.85 bits per heavy atom. The van der Waals surface area contributed by atoms with Gasteiger partial charge >= 0.3 is 0 Å². The molecule has 3 rings (SSSR count). The van der Waals surface area contributed by atoms with Crippen LogP contribution in [-0.2, 0) is 6.54 Å². The second kappa shape index (κ2) is 5.44. The number of nitrogens with one attached hydrogen (secondary N) is 1. The molecule has 0 spiro atoms. The Labute approximate surface area is 123 Å². The first kappa shape index (κ1) is 13.4. The fraction of sp³-hybridized carbons (Fsp3) is 0.250. The van der Waals surface area contributed by atoms with Gasteiger partial charge in [0.25, 0.3) is 0 Å². The quantitative estimate of drug-likeness (QED) is 0.911. The van der Waals surface area contributed by atoms with Gasteiger partial charge in [-0.15, -0.1) is 0 Å². The van der Waals surface area contributed by atoms with Crippen molar-refractivity contribution in [2.75, 3.05) is 7.11 Å². The maximum Gasteiger partial charge on any atom is 0.137 e. The van der Waals surface area contributed by atoms with E-state index in [2.05, 4.69) is 11.4 Å². The van der Waals surface area contributed by atoms with Crippen molar-refractivity contribution < 1.29 is 9.84 Å². The van der Waals surface area contributed by atoms with Gasteiger partial charge in [0, 0.05) is 6.54 Å². The first-order chi connectivity index (χ1) is 9.70. The smallest absolute Gasteiger partial charge is 0.137 e. The van der Waals surface area contributed by atoms with Crippen molar-refractivity contribution >= 4 is 11.6 Å². The van der Waals surface area contributed by atoms with Gasteiger partial charge in [-0.3, -0.25) is 0 Å². The van der Waals surface area contributed by atoms with Crippen LogP contribution < -0.4 is 10.1 Å². The molecule has 2 aromatic rings. The standard InChI is InChI=1S/C16H16ClNO2/c1-20-14-7-6-10(8-13(14)17)16(19)15-12-5-3-2-4-11(12)9-18-15/h2-8,15-16,18-19H,9H2,1H3. The minimum atomic E-state index is -0.637. The van der Waals surface area contributed by atoms with Gasteiger partial charge in [0.2, 0.25) is 0 Å². The molecule has 0 aromatic heterocycles. The number of aliphatic hydroxyl groups is 1. The predicted molar refractivity (Wildman–Crippen MR) is 79.0 cm³/mol. The van der Waals surface area contributed by atoms with E-state index < -0.39 is 6.10 Å². The summed E-state index contributed by atoms with van der Waals surface area (Å²) in [6.45, 7) is 0.780. The molecule has 1 aliphatic rings. The number of benzene rings is 2.